The number of unbranched alkanes of at least 4 members (excludes halogenated alkanes) is 28. The second-order valence-corrected chi connectivity index (χ2v) is 20.9. The molecule has 0 aliphatic rings. The Morgan fingerprint density at radius 1 is 0.276 bits per heavy atom. The third-order valence-corrected chi connectivity index (χ3v) is 13.5. The van der Waals surface area contributed by atoms with Gasteiger partial charge in [0.2, 0.25) is 0 Å². The Labute approximate surface area is 470 Å². The fraction of sp³-hybridized carbons (Fsp3) is 0.700. The highest BCUT2D eigenvalue weighted by Gasteiger charge is 2.19. The molecule has 434 valence electrons. The van der Waals surface area contributed by atoms with Crippen LogP contribution in [0.4, 0.5) is 0 Å². The summed E-state index contributed by atoms with van der Waals surface area (Å²) in [6.07, 6.45) is 86.6. The summed E-state index contributed by atoms with van der Waals surface area (Å²) < 4.78 is 16.9. The zero-order valence-corrected chi connectivity index (χ0v) is 49.7. The van der Waals surface area contributed by atoms with Crippen LogP contribution >= 0.6 is 0 Å². The lowest BCUT2D eigenvalue weighted by molar-refractivity contribution is -0.167. The van der Waals surface area contributed by atoms with E-state index in [4.69, 9.17) is 14.2 Å². The lowest BCUT2D eigenvalue weighted by Gasteiger charge is -2.18. The van der Waals surface area contributed by atoms with E-state index in [0.717, 1.165) is 128 Å². The number of rotatable bonds is 57. The molecular weight excluding hydrogens is 937 g/mol. The zero-order chi connectivity index (χ0) is 55.0. The van der Waals surface area contributed by atoms with Gasteiger partial charge < -0.3 is 14.2 Å². The summed E-state index contributed by atoms with van der Waals surface area (Å²) >= 11 is 0. The van der Waals surface area contributed by atoms with E-state index < -0.39 is 6.10 Å². The largest absolute Gasteiger partial charge is 0.462 e. The van der Waals surface area contributed by atoms with Crippen molar-refractivity contribution in [1.82, 2.24) is 0 Å². The smallest absolute Gasteiger partial charge is 0.306 e. The predicted molar refractivity (Wildman–Crippen MR) is 330 cm³/mol. The van der Waals surface area contributed by atoms with Crippen molar-refractivity contribution >= 4 is 17.9 Å². The maximum absolute atomic E-state index is 12.9. The molecule has 1 unspecified atom stereocenters. The summed E-state index contributed by atoms with van der Waals surface area (Å²) in [6, 6.07) is 0. The quantitative estimate of drug-likeness (QED) is 0.0261. The molecule has 0 saturated heterocycles. The molecule has 0 amide bonds. The van der Waals surface area contributed by atoms with Gasteiger partial charge in [-0.05, 0) is 128 Å². The first-order valence-corrected chi connectivity index (χ1v) is 31.9. The van der Waals surface area contributed by atoms with E-state index in [1.54, 1.807) is 0 Å². The van der Waals surface area contributed by atoms with Crippen LogP contribution in [-0.2, 0) is 28.6 Å². The first-order chi connectivity index (χ1) is 37.5. The summed E-state index contributed by atoms with van der Waals surface area (Å²) in [6.45, 7) is 6.48. The molecule has 0 aromatic rings. The standard InChI is InChI=1S/C70H118O6/c1-4-7-10-13-16-19-22-25-28-31-33-34-35-36-38-39-42-45-48-51-54-57-60-63-69(72)75-66-67(65-74-68(71)62-59-56-53-50-47-44-41-30-27-24-21-18-15-12-9-6-3)76-70(73)64-61-58-55-52-49-46-43-40-37-32-29-26-23-20-17-14-11-8-5-2/h8,11,17,20-22,24-26,29-31,33,37,40-41,46,49,67H,4-7,9-10,12-16,18-19,23,27-28,32,34-36,38-39,42-45,47-48,50-66H2,1-3H3/b11-8-,20-17-,24-21-,25-22-,29-26-,33-31-,40-37-,41-30-,49-46-. The van der Waals surface area contributed by atoms with E-state index in [-0.39, 0.29) is 37.5 Å². The number of carbonyl (C=O) groups excluding carboxylic acids is 3. The van der Waals surface area contributed by atoms with Gasteiger partial charge in [0.05, 0.1) is 0 Å². The Hall–Kier alpha value is -3.93. The molecule has 0 aromatic carbocycles. The van der Waals surface area contributed by atoms with Gasteiger partial charge in [-0.25, -0.2) is 0 Å². The van der Waals surface area contributed by atoms with E-state index in [1.807, 2.05) is 0 Å². The second-order valence-electron chi connectivity index (χ2n) is 20.9. The Morgan fingerprint density at radius 3 is 0.829 bits per heavy atom. The fourth-order valence-electron chi connectivity index (χ4n) is 8.71. The van der Waals surface area contributed by atoms with Gasteiger partial charge >= 0.3 is 17.9 Å². The maximum Gasteiger partial charge on any atom is 0.306 e. The van der Waals surface area contributed by atoms with E-state index in [0.29, 0.717) is 12.8 Å². The molecule has 6 nitrogen and oxygen atoms in total. The van der Waals surface area contributed by atoms with Gasteiger partial charge in [0.1, 0.15) is 13.2 Å². The van der Waals surface area contributed by atoms with Crippen molar-refractivity contribution in [3.8, 4) is 0 Å². The van der Waals surface area contributed by atoms with Crippen LogP contribution in [0.3, 0.4) is 0 Å². The van der Waals surface area contributed by atoms with Crippen molar-refractivity contribution in [2.75, 3.05) is 13.2 Å². The number of carbonyl (C=O) groups is 3. The van der Waals surface area contributed by atoms with Crippen LogP contribution in [0.2, 0.25) is 0 Å². The molecule has 0 fully saturated rings. The first-order valence-electron chi connectivity index (χ1n) is 31.9. The van der Waals surface area contributed by atoms with Gasteiger partial charge in [-0.15, -0.1) is 0 Å². The van der Waals surface area contributed by atoms with Crippen molar-refractivity contribution in [1.29, 1.82) is 0 Å². The van der Waals surface area contributed by atoms with Crippen LogP contribution in [-0.4, -0.2) is 37.2 Å². The van der Waals surface area contributed by atoms with Crippen LogP contribution in [0.15, 0.2) is 109 Å². The first kappa shape index (κ1) is 72.1. The molecule has 0 radical (unpaired) electrons. The number of hydrogen-bond donors (Lipinski definition) is 0. The van der Waals surface area contributed by atoms with Gasteiger partial charge in [-0.2, -0.15) is 0 Å². The lowest BCUT2D eigenvalue weighted by atomic mass is 10.0. The third kappa shape index (κ3) is 60.9. The van der Waals surface area contributed by atoms with E-state index >= 15 is 0 Å². The highest BCUT2D eigenvalue weighted by molar-refractivity contribution is 5.71. The van der Waals surface area contributed by atoms with Crippen LogP contribution in [0.25, 0.3) is 0 Å². The second kappa shape index (κ2) is 63.6. The van der Waals surface area contributed by atoms with Crippen molar-refractivity contribution in [3.63, 3.8) is 0 Å². The van der Waals surface area contributed by atoms with Crippen LogP contribution in [0, 0.1) is 0 Å². The van der Waals surface area contributed by atoms with E-state index in [9.17, 15) is 14.4 Å². The van der Waals surface area contributed by atoms with Gasteiger partial charge in [-0.3, -0.25) is 14.4 Å². The highest BCUT2D eigenvalue weighted by atomic mass is 16.6. The van der Waals surface area contributed by atoms with Crippen LogP contribution in [0.1, 0.15) is 297 Å². The Morgan fingerprint density at radius 2 is 0.513 bits per heavy atom. The Balaban J connectivity index is 4.44. The molecule has 0 aromatic heterocycles. The van der Waals surface area contributed by atoms with Gasteiger partial charge in [0.15, 0.2) is 6.10 Å². The van der Waals surface area contributed by atoms with Crippen molar-refractivity contribution in [2.24, 2.45) is 0 Å². The zero-order valence-electron chi connectivity index (χ0n) is 49.7. The summed E-state index contributed by atoms with van der Waals surface area (Å²) in [5, 5.41) is 0. The molecule has 0 aliphatic heterocycles. The molecule has 1 atom stereocenters. The maximum atomic E-state index is 12.9. The van der Waals surface area contributed by atoms with Crippen molar-refractivity contribution < 1.29 is 28.6 Å². The summed E-state index contributed by atoms with van der Waals surface area (Å²) in [7, 11) is 0. The Kier molecular flexibility index (Phi) is 60.3. The van der Waals surface area contributed by atoms with Crippen LogP contribution < -0.4 is 0 Å². The number of allylic oxidation sites excluding steroid dienone is 18. The molecular formula is C70H118O6. The molecule has 0 rings (SSSR count). The molecule has 0 saturated carbocycles. The average Bonchev–Trinajstić information content (AvgIpc) is 3.42. The number of ether oxygens (including phenoxy) is 3. The topological polar surface area (TPSA) is 78.9 Å². The predicted octanol–water partition coefficient (Wildman–Crippen LogP) is 21.8. The fourth-order valence-corrected chi connectivity index (χ4v) is 8.71. The molecule has 6 heteroatoms. The molecule has 0 bridgehead atoms. The summed E-state index contributed by atoms with van der Waals surface area (Å²) in [5.41, 5.74) is 0. The average molecular weight is 1060 g/mol. The third-order valence-electron chi connectivity index (χ3n) is 13.5. The minimum atomic E-state index is -0.806. The molecule has 76 heavy (non-hydrogen) atoms. The molecule has 0 spiro atoms. The van der Waals surface area contributed by atoms with E-state index in [2.05, 4.69) is 130 Å². The van der Waals surface area contributed by atoms with Gasteiger partial charge in [-0.1, -0.05) is 259 Å². The van der Waals surface area contributed by atoms with Gasteiger partial charge in [0.25, 0.3) is 0 Å². The summed E-state index contributed by atoms with van der Waals surface area (Å²) in [5.74, 6) is -0.940. The lowest BCUT2D eigenvalue weighted by Crippen LogP contribution is -2.30. The Bertz CT molecular complexity index is 1540. The number of esters is 3. The normalized spacial score (nSPS) is 12.8. The monoisotopic (exact) mass is 1050 g/mol. The SMILES string of the molecule is CC/C=C\C/C=C\C/C=C\C/C=C\C/C=C\CCCCCC(=O)OC(COC(=O)CCCCCCC/C=C\C/C=C\CCCCCC)COC(=O)CCCCCCCCCCCCC/C=C\C/C=C\CCCCCCC. The number of hydrogen-bond acceptors (Lipinski definition) is 6. The van der Waals surface area contributed by atoms with Crippen molar-refractivity contribution in [3.05, 3.63) is 109 Å². The minimum Gasteiger partial charge on any atom is -0.462 e. The van der Waals surface area contributed by atoms with Gasteiger partial charge in [0, 0.05) is 19.3 Å². The minimum absolute atomic E-state index is 0.0979. The molecule has 0 N–H and O–H groups in total. The van der Waals surface area contributed by atoms with Crippen molar-refractivity contribution in [2.45, 2.75) is 303 Å². The highest BCUT2D eigenvalue weighted by Crippen LogP contribution is 2.15. The molecule has 0 aliphatic carbocycles. The van der Waals surface area contributed by atoms with E-state index in [1.165, 1.54) is 128 Å². The molecule has 0 heterocycles. The summed E-state index contributed by atoms with van der Waals surface area (Å²) in [4.78, 5) is 38.3. The van der Waals surface area contributed by atoms with Crippen LogP contribution in [0.5, 0.6) is 0 Å².